The van der Waals surface area contributed by atoms with Crippen LogP contribution in [-0.4, -0.2) is 57.8 Å². The third-order valence-corrected chi connectivity index (χ3v) is 5.39. The lowest BCUT2D eigenvalue weighted by Crippen LogP contribution is -2.47. The minimum atomic E-state index is -0.00997. The first-order chi connectivity index (χ1) is 11.1. The zero-order valence-corrected chi connectivity index (χ0v) is 14.6. The molecule has 6 heteroatoms. The number of aryl methyl sites for hydroxylation is 1. The van der Waals surface area contributed by atoms with Crippen LogP contribution in [0, 0.1) is 6.92 Å². The molecule has 0 bridgehead atoms. The van der Waals surface area contributed by atoms with Gasteiger partial charge in [-0.05, 0) is 52.6 Å². The van der Waals surface area contributed by atoms with E-state index < -0.39 is 0 Å². The minimum Gasteiger partial charge on any atom is -0.331 e. The summed E-state index contributed by atoms with van der Waals surface area (Å²) in [7, 11) is 1.93. The summed E-state index contributed by atoms with van der Waals surface area (Å²) in [5.74, 6) is 0. The van der Waals surface area contributed by atoms with Crippen molar-refractivity contribution in [3.05, 3.63) is 17.5 Å². The number of rotatable bonds is 4. The molecule has 2 amide bonds. The molecule has 2 atom stereocenters. The number of nitrogens with zero attached hydrogens (tertiary/aromatic N) is 4. The molecule has 23 heavy (non-hydrogen) atoms. The van der Waals surface area contributed by atoms with E-state index in [9.17, 15) is 4.79 Å². The number of aromatic nitrogens is 2. The Balaban J connectivity index is 1.59. The number of nitrogens with one attached hydrogen (secondary N) is 1. The van der Waals surface area contributed by atoms with E-state index in [2.05, 4.69) is 15.3 Å². The van der Waals surface area contributed by atoms with Crippen LogP contribution < -0.4 is 5.32 Å². The second-order valence-corrected chi connectivity index (χ2v) is 6.98. The average molecular weight is 319 g/mol. The summed E-state index contributed by atoms with van der Waals surface area (Å²) >= 11 is 0. The Morgan fingerprint density at radius 1 is 1.35 bits per heavy atom. The Morgan fingerprint density at radius 3 is 2.74 bits per heavy atom. The van der Waals surface area contributed by atoms with Gasteiger partial charge in [-0.15, -0.1) is 0 Å². The van der Waals surface area contributed by atoms with Crippen LogP contribution in [0.15, 0.2) is 6.20 Å². The molecule has 1 aromatic heterocycles. The van der Waals surface area contributed by atoms with Crippen LogP contribution in [0.3, 0.4) is 0 Å². The fourth-order valence-electron chi connectivity index (χ4n) is 3.84. The van der Waals surface area contributed by atoms with E-state index in [0.717, 1.165) is 37.2 Å². The zero-order chi connectivity index (χ0) is 16.4. The summed E-state index contributed by atoms with van der Waals surface area (Å²) in [4.78, 5) is 17.2. The van der Waals surface area contributed by atoms with Crippen molar-refractivity contribution in [2.45, 2.75) is 51.6 Å². The number of carbonyl (C=O) groups excluding carboxylic acids is 1. The summed E-state index contributed by atoms with van der Waals surface area (Å²) in [6.45, 7) is 8.37. The van der Waals surface area contributed by atoms with E-state index >= 15 is 0 Å². The Hall–Kier alpha value is -1.56. The highest BCUT2D eigenvalue weighted by Gasteiger charge is 2.31. The highest BCUT2D eigenvalue weighted by atomic mass is 16.2. The molecule has 0 aromatic carbocycles. The number of hydrogen-bond acceptors (Lipinski definition) is 3. The van der Waals surface area contributed by atoms with Gasteiger partial charge in [-0.2, -0.15) is 5.10 Å². The molecule has 2 fully saturated rings. The molecular weight excluding hydrogens is 290 g/mol. The molecule has 0 spiro atoms. The molecule has 1 N–H and O–H groups in total. The normalized spacial score (nSPS) is 23.4. The highest BCUT2D eigenvalue weighted by Crippen LogP contribution is 2.22. The van der Waals surface area contributed by atoms with E-state index in [4.69, 9.17) is 0 Å². The van der Waals surface area contributed by atoms with Crippen molar-refractivity contribution in [1.82, 2.24) is 24.9 Å². The van der Waals surface area contributed by atoms with Gasteiger partial charge < -0.3 is 15.1 Å². The average Bonchev–Trinajstić information content (AvgIpc) is 3.24. The fraction of sp³-hybridized carbons (Fsp3) is 0.765. The molecule has 0 radical (unpaired) electrons. The van der Waals surface area contributed by atoms with E-state index in [-0.39, 0.29) is 12.1 Å². The number of urea groups is 1. The molecule has 2 unspecified atom stereocenters. The van der Waals surface area contributed by atoms with Crippen LogP contribution in [0.1, 0.15) is 49.9 Å². The summed E-state index contributed by atoms with van der Waals surface area (Å²) in [5.41, 5.74) is 2.20. The molecule has 2 aliphatic rings. The third-order valence-electron chi connectivity index (χ3n) is 5.39. The fourth-order valence-corrected chi connectivity index (χ4v) is 3.84. The second kappa shape index (κ2) is 6.91. The number of amides is 2. The van der Waals surface area contributed by atoms with Crippen molar-refractivity contribution >= 4 is 6.03 Å². The molecule has 3 heterocycles. The quantitative estimate of drug-likeness (QED) is 0.924. The largest absolute Gasteiger partial charge is 0.331 e. The lowest BCUT2D eigenvalue weighted by molar-refractivity contribution is 0.172. The summed E-state index contributed by atoms with van der Waals surface area (Å²) < 4.78 is 1.85. The van der Waals surface area contributed by atoms with E-state index in [1.54, 1.807) is 0 Å². The summed E-state index contributed by atoms with van der Waals surface area (Å²) in [6.07, 6.45) is 6.70. The predicted octanol–water partition coefficient (Wildman–Crippen LogP) is 2.06. The maximum atomic E-state index is 12.7. The third kappa shape index (κ3) is 3.52. The van der Waals surface area contributed by atoms with Gasteiger partial charge in [0.05, 0.1) is 12.2 Å². The van der Waals surface area contributed by atoms with Crippen LogP contribution in [-0.2, 0) is 7.05 Å². The first-order valence-electron chi connectivity index (χ1n) is 8.84. The monoisotopic (exact) mass is 319 g/mol. The molecule has 6 nitrogen and oxygen atoms in total. The van der Waals surface area contributed by atoms with Crippen molar-refractivity contribution in [2.75, 3.05) is 26.2 Å². The molecule has 0 aliphatic carbocycles. The van der Waals surface area contributed by atoms with Crippen LogP contribution in [0.25, 0.3) is 0 Å². The van der Waals surface area contributed by atoms with Gasteiger partial charge in [-0.1, -0.05) is 0 Å². The van der Waals surface area contributed by atoms with Crippen molar-refractivity contribution in [3.63, 3.8) is 0 Å². The molecular formula is C17H29N5O. The Kier molecular flexibility index (Phi) is 4.90. The van der Waals surface area contributed by atoms with Crippen molar-refractivity contribution in [1.29, 1.82) is 0 Å². The van der Waals surface area contributed by atoms with Crippen molar-refractivity contribution in [3.8, 4) is 0 Å². The standard InChI is InChI=1S/C17H29N5O/c1-13(16-11-18-20(3)14(16)2)19-17(23)22-10-6-7-15(22)12-21-8-4-5-9-21/h11,13,15H,4-10,12H2,1-3H3,(H,19,23). The number of carbonyl (C=O) groups is 1. The number of hydrogen-bond donors (Lipinski definition) is 1. The molecule has 2 saturated heterocycles. The molecule has 2 aliphatic heterocycles. The highest BCUT2D eigenvalue weighted by molar-refractivity contribution is 5.75. The smallest absolute Gasteiger partial charge is 0.318 e. The first kappa shape index (κ1) is 16.3. The van der Waals surface area contributed by atoms with Gasteiger partial charge >= 0.3 is 6.03 Å². The van der Waals surface area contributed by atoms with Gasteiger partial charge in [0.25, 0.3) is 0 Å². The first-order valence-corrected chi connectivity index (χ1v) is 8.84. The topological polar surface area (TPSA) is 53.4 Å². The minimum absolute atomic E-state index is 0.00997. The molecule has 3 rings (SSSR count). The molecule has 128 valence electrons. The summed E-state index contributed by atoms with van der Waals surface area (Å²) in [5, 5.41) is 7.43. The van der Waals surface area contributed by atoms with E-state index in [1.165, 1.54) is 25.9 Å². The van der Waals surface area contributed by atoms with Crippen LogP contribution in [0.2, 0.25) is 0 Å². The van der Waals surface area contributed by atoms with Crippen LogP contribution in [0.4, 0.5) is 4.79 Å². The Labute approximate surface area is 138 Å². The van der Waals surface area contributed by atoms with Gasteiger partial charge in [-0.3, -0.25) is 4.68 Å². The Morgan fingerprint density at radius 2 is 2.09 bits per heavy atom. The van der Waals surface area contributed by atoms with Gasteiger partial charge in [-0.25, -0.2) is 4.79 Å². The van der Waals surface area contributed by atoms with Crippen molar-refractivity contribution < 1.29 is 4.79 Å². The SMILES string of the molecule is Cc1c(C(C)NC(=O)N2CCCC2CN2CCCC2)cnn1C. The maximum Gasteiger partial charge on any atom is 0.318 e. The van der Waals surface area contributed by atoms with Gasteiger partial charge in [0.1, 0.15) is 0 Å². The number of likely N-dealkylation sites (tertiary alicyclic amines) is 2. The van der Waals surface area contributed by atoms with Crippen molar-refractivity contribution in [2.24, 2.45) is 7.05 Å². The second-order valence-electron chi connectivity index (χ2n) is 6.98. The zero-order valence-electron chi connectivity index (χ0n) is 14.6. The molecule has 0 saturated carbocycles. The van der Waals surface area contributed by atoms with Gasteiger partial charge in [0, 0.05) is 37.4 Å². The molecule has 1 aromatic rings. The van der Waals surface area contributed by atoms with E-state index in [1.807, 2.05) is 36.7 Å². The van der Waals surface area contributed by atoms with E-state index in [0.29, 0.717) is 6.04 Å². The van der Waals surface area contributed by atoms with Crippen LogP contribution in [0.5, 0.6) is 0 Å². The Bertz CT molecular complexity index is 549. The lowest BCUT2D eigenvalue weighted by Gasteiger charge is -2.29. The van der Waals surface area contributed by atoms with Gasteiger partial charge in [0.2, 0.25) is 0 Å². The van der Waals surface area contributed by atoms with Gasteiger partial charge in [0.15, 0.2) is 0 Å². The predicted molar refractivity (Wildman–Crippen MR) is 90.3 cm³/mol. The maximum absolute atomic E-state index is 12.7. The summed E-state index contributed by atoms with van der Waals surface area (Å²) in [6, 6.07) is 0.432. The van der Waals surface area contributed by atoms with Crippen LogP contribution >= 0.6 is 0 Å². The lowest BCUT2D eigenvalue weighted by atomic mass is 10.1.